The zero-order valence-corrected chi connectivity index (χ0v) is 17.7. The number of carbonyl (C=O) groups is 1. The molecule has 0 radical (unpaired) electrons. The minimum absolute atomic E-state index is 0.0393. The molecule has 0 aliphatic carbocycles. The maximum Gasteiger partial charge on any atom is 0.270 e. The van der Waals surface area contributed by atoms with E-state index in [4.69, 9.17) is 9.15 Å². The number of carbonyl (C=O) groups excluding carboxylic acids is 1. The SMILES string of the molecule is CC(C)Oc1ccc(CNC(=O)/C(=C/c2ccco2)n2nnnc2-c2ccccc2)cn1. The van der Waals surface area contributed by atoms with Gasteiger partial charge in [0, 0.05) is 30.4 Å². The number of furan rings is 1. The van der Waals surface area contributed by atoms with E-state index in [9.17, 15) is 4.79 Å². The van der Waals surface area contributed by atoms with E-state index < -0.39 is 0 Å². The normalized spacial score (nSPS) is 11.5. The second-order valence-corrected chi connectivity index (χ2v) is 7.18. The van der Waals surface area contributed by atoms with Crippen LogP contribution in [-0.4, -0.2) is 37.2 Å². The Morgan fingerprint density at radius 1 is 1.16 bits per heavy atom. The van der Waals surface area contributed by atoms with E-state index in [1.54, 1.807) is 30.5 Å². The van der Waals surface area contributed by atoms with Crippen molar-refractivity contribution in [2.75, 3.05) is 0 Å². The molecule has 0 unspecified atom stereocenters. The van der Waals surface area contributed by atoms with Crippen LogP contribution in [-0.2, 0) is 11.3 Å². The molecule has 0 atom stereocenters. The van der Waals surface area contributed by atoms with Crippen LogP contribution in [0.1, 0.15) is 25.2 Å². The van der Waals surface area contributed by atoms with Crippen LogP contribution in [0.5, 0.6) is 5.88 Å². The van der Waals surface area contributed by atoms with Crippen LogP contribution in [0, 0.1) is 0 Å². The fourth-order valence-electron chi connectivity index (χ4n) is 2.95. The van der Waals surface area contributed by atoms with E-state index in [0.29, 0.717) is 17.5 Å². The second-order valence-electron chi connectivity index (χ2n) is 7.18. The van der Waals surface area contributed by atoms with Crippen molar-refractivity contribution in [3.05, 3.63) is 78.4 Å². The van der Waals surface area contributed by atoms with Crippen molar-refractivity contribution in [1.29, 1.82) is 0 Å². The van der Waals surface area contributed by atoms with E-state index in [2.05, 4.69) is 25.8 Å². The molecule has 0 bridgehead atoms. The summed E-state index contributed by atoms with van der Waals surface area (Å²) in [7, 11) is 0. The van der Waals surface area contributed by atoms with Crippen molar-refractivity contribution < 1.29 is 13.9 Å². The molecule has 0 aliphatic heterocycles. The molecule has 0 spiro atoms. The van der Waals surface area contributed by atoms with Gasteiger partial charge in [-0.2, -0.15) is 4.68 Å². The molecule has 1 aromatic carbocycles. The van der Waals surface area contributed by atoms with Crippen molar-refractivity contribution in [1.82, 2.24) is 30.5 Å². The lowest BCUT2D eigenvalue weighted by Crippen LogP contribution is -2.27. The molecule has 0 fully saturated rings. The predicted octanol–water partition coefficient (Wildman–Crippen LogP) is 3.43. The highest BCUT2D eigenvalue weighted by atomic mass is 16.5. The summed E-state index contributed by atoms with van der Waals surface area (Å²) in [5, 5.41) is 14.8. The summed E-state index contributed by atoms with van der Waals surface area (Å²) in [6.45, 7) is 4.14. The first kappa shape index (κ1) is 21.0. The third-order valence-electron chi connectivity index (χ3n) is 4.39. The molecule has 32 heavy (non-hydrogen) atoms. The first-order valence-electron chi connectivity index (χ1n) is 10.1. The summed E-state index contributed by atoms with van der Waals surface area (Å²) < 4.78 is 12.3. The molecule has 9 heteroatoms. The Labute approximate surface area is 184 Å². The summed E-state index contributed by atoms with van der Waals surface area (Å²) in [6, 6.07) is 16.5. The van der Waals surface area contributed by atoms with Crippen LogP contribution in [0.25, 0.3) is 23.2 Å². The van der Waals surface area contributed by atoms with Crippen LogP contribution >= 0.6 is 0 Å². The Hall–Kier alpha value is -4.27. The number of amides is 1. The fourth-order valence-corrected chi connectivity index (χ4v) is 2.95. The number of hydrogen-bond acceptors (Lipinski definition) is 7. The van der Waals surface area contributed by atoms with Crippen LogP contribution < -0.4 is 10.1 Å². The number of hydrogen-bond donors (Lipinski definition) is 1. The number of benzene rings is 1. The number of pyridine rings is 1. The topological polar surface area (TPSA) is 108 Å². The van der Waals surface area contributed by atoms with Gasteiger partial charge in [-0.3, -0.25) is 4.79 Å². The van der Waals surface area contributed by atoms with Crippen molar-refractivity contribution >= 4 is 17.7 Å². The van der Waals surface area contributed by atoms with Gasteiger partial charge in [0.2, 0.25) is 5.88 Å². The number of nitrogens with one attached hydrogen (secondary N) is 1. The standard InChI is InChI=1S/C23H22N6O3/c1-16(2)32-21-11-10-17(14-24-21)15-25-23(30)20(13-19-9-6-12-31-19)29-22(26-27-28-29)18-7-4-3-5-8-18/h3-14,16H,15H2,1-2H3,(H,25,30)/b20-13-. The van der Waals surface area contributed by atoms with Crippen molar-refractivity contribution in [3.8, 4) is 17.3 Å². The molecule has 0 saturated carbocycles. The third-order valence-corrected chi connectivity index (χ3v) is 4.39. The summed E-state index contributed by atoms with van der Waals surface area (Å²) in [5.41, 5.74) is 1.82. The van der Waals surface area contributed by atoms with Crippen molar-refractivity contribution in [3.63, 3.8) is 0 Å². The zero-order valence-electron chi connectivity index (χ0n) is 17.7. The molecule has 3 aromatic heterocycles. The Balaban J connectivity index is 1.57. The highest BCUT2D eigenvalue weighted by Gasteiger charge is 2.19. The van der Waals surface area contributed by atoms with Gasteiger partial charge in [0.1, 0.15) is 11.5 Å². The Bertz CT molecular complexity index is 1180. The van der Waals surface area contributed by atoms with E-state index in [1.165, 1.54) is 10.9 Å². The maximum atomic E-state index is 13.2. The summed E-state index contributed by atoms with van der Waals surface area (Å²) >= 11 is 0. The molecular formula is C23H22N6O3. The van der Waals surface area contributed by atoms with Crippen LogP contribution in [0.2, 0.25) is 0 Å². The lowest BCUT2D eigenvalue weighted by Gasteiger charge is -2.11. The minimum atomic E-state index is -0.367. The third kappa shape index (κ3) is 5.07. The average molecular weight is 430 g/mol. The average Bonchev–Trinajstić information content (AvgIpc) is 3.49. The fraction of sp³-hybridized carbons (Fsp3) is 0.174. The van der Waals surface area contributed by atoms with Gasteiger partial charge in [-0.25, -0.2) is 4.98 Å². The first-order valence-corrected chi connectivity index (χ1v) is 10.1. The summed E-state index contributed by atoms with van der Waals surface area (Å²) in [6.07, 6.45) is 4.83. The smallest absolute Gasteiger partial charge is 0.270 e. The number of tetrazole rings is 1. The predicted molar refractivity (Wildman–Crippen MR) is 118 cm³/mol. The highest BCUT2D eigenvalue weighted by Crippen LogP contribution is 2.20. The Kier molecular flexibility index (Phi) is 6.35. The molecule has 1 N–H and O–H groups in total. The molecule has 3 heterocycles. The van der Waals surface area contributed by atoms with Gasteiger partial charge in [-0.1, -0.05) is 36.4 Å². The largest absolute Gasteiger partial charge is 0.475 e. The van der Waals surface area contributed by atoms with E-state index in [-0.39, 0.29) is 24.3 Å². The molecule has 4 rings (SSSR count). The van der Waals surface area contributed by atoms with Gasteiger partial charge >= 0.3 is 0 Å². The van der Waals surface area contributed by atoms with Gasteiger partial charge in [0.15, 0.2) is 5.82 Å². The summed E-state index contributed by atoms with van der Waals surface area (Å²) in [4.78, 5) is 17.4. The molecule has 4 aromatic rings. The number of ether oxygens (including phenoxy) is 1. The molecule has 1 amide bonds. The lowest BCUT2D eigenvalue weighted by atomic mass is 10.2. The highest BCUT2D eigenvalue weighted by molar-refractivity contribution is 6.18. The Morgan fingerprint density at radius 2 is 2.00 bits per heavy atom. The molecule has 162 valence electrons. The van der Waals surface area contributed by atoms with E-state index >= 15 is 0 Å². The van der Waals surface area contributed by atoms with Crippen LogP contribution in [0.15, 0.2) is 71.5 Å². The molecular weight excluding hydrogens is 408 g/mol. The van der Waals surface area contributed by atoms with Gasteiger partial charge in [0.05, 0.1) is 12.4 Å². The van der Waals surface area contributed by atoms with Crippen LogP contribution in [0.3, 0.4) is 0 Å². The van der Waals surface area contributed by atoms with E-state index in [1.807, 2.05) is 50.2 Å². The van der Waals surface area contributed by atoms with Gasteiger partial charge in [-0.05, 0) is 42.0 Å². The minimum Gasteiger partial charge on any atom is -0.475 e. The monoisotopic (exact) mass is 430 g/mol. The molecule has 0 aliphatic rings. The first-order chi connectivity index (χ1) is 15.6. The quantitative estimate of drug-likeness (QED) is 0.427. The summed E-state index contributed by atoms with van der Waals surface area (Å²) in [5.74, 6) is 1.11. The van der Waals surface area contributed by atoms with Gasteiger partial charge < -0.3 is 14.5 Å². The van der Waals surface area contributed by atoms with Gasteiger partial charge in [-0.15, -0.1) is 5.10 Å². The zero-order chi connectivity index (χ0) is 22.3. The lowest BCUT2D eigenvalue weighted by molar-refractivity contribution is -0.116. The number of nitrogens with zero attached hydrogens (tertiary/aromatic N) is 5. The van der Waals surface area contributed by atoms with Crippen LogP contribution in [0.4, 0.5) is 0 Å². The number of aromatic nitrogens is 5. The van der Waals surface area contributed by atoms with Gasteiger partial charge in [0.25, 0.3) is 5.91 Å². The molecule has 9 nitrogen and oxygen atoms in total. The van der Waals surface area contributed by atoms with E-state index in [0.717, 1.165) is 11.1 Å². The molecule has 0 saturated heterocycles. The Morgan fingerprint density at radius 3 is 2.69 bits per heavy atom. The van der Waals surface area contributed by atoms with Crippen molar-refractivity contribution in [2.45, 2.75) is 26.5 Å². The maximum absolute atomic E-state index is 13.2. The second kappa shape index (κ2) is 9.69. The number of rotatable bonds is 8. The van der Waals surface area contributed by atoms with Crippen molar-refractivity contribution in [2.24, 2.45) is 0 Å².